The van der Waals surface area contributed by atoms with E-state index in [1.165, 1.54) is 48.5 Å². The van der Waals surface area contributed by atoms with Crippen molar-refractivity contribution in [1.82, 2.24) is 10.6 Å². The minimum atomic E-state index is -4.68. The van der Waals surface area contributed by atoms with E-state index in [1.54, 1.807) is 0 Å². The molecule has 0 spiro atoms. The van der Waals surface area contributed by atoms with E-state index in [9.17, 15) is 38.9 Å². The van der Waals surface area contributed by atoms with E-state index in [0.717, 1.165) is 0 Å². The normalized spacial score (nSPS) is 14.6. The summed E-state index contributed by atoms with van der Waals surface area (Å²) in [7, 11) is -9.36. The van der Waals surface area contributed by atoms with Crippen molar-refractivity contribution in [3.8, 4) is 11.5 Å². The van der Waals surface area contributed by atoms with Crippen molar-refractivity contribution in [2.75, 3.05) is 13.1 Å². The van der Waals surface area contributed by atoms with E-state index in [-0.39, 0.29) is 35.7 Å². The van der Waals surface area contributed by atoms with Gasteiger partial charge in [-0.1, -0.05) is 36.4 Å². The van der Waals surface area contributed by atoms with Gasteiger partial charge in [-0.25, -0.2) is 0 Å². The van der Waals surface area contributed by atoms with Gasteiger partial charge >= 0.3 is 15.2 Å². The molecular formula is C16H22N2O8P2. The Morgan fingerprint density at radius 1 is 0.679 bits per heavy atom. The fourth-order valence-electron chi connectivity index (χ4n) is 2.68. The molecule has 0 saturated heterocycles. The van der Waals surface area contributed by atoms with Crippen LogP contribution in [0.1, 0.15) is 22.7 Å². The van der Waals surface area contributed by atoms with E-state index in [0.29, 0.717) is 0 Å². The second-order valence-electron chi connectivity index (χ2n) is 6.01. The lowest BCUT2D eigenvalue weighted by atomic mass is 10.2. The summed E-state index contributed by atoms with van der Waals surface area (Å²) >= 11 is 0. The Labute approximate surface area is 161 Å². The van der Waals surface area contributed by atoms with Gasteiger partial charge in [0.25, 0.3) is 0 Å². The van der Waals surface area contributed by atoms with E-state index in [1.807, 2.05) is 0 Å². The molecule has 0 aliphatic carbocycles. The third-order valence-electron chi connectivity index (χ3n) is 3.94. The largest absolute Gasteiger partial charge is 0.508 e. The Morgan fingerprint density at radius 2 is 1.00 bits per heavy atom. The van der Waals surface area contributed by atoms with Crippen molar-refractivity contribution in [2.24, 2.45) is 0 Å². The van der Waals surface area contributed by atoms with E-state index < -0.39 is 26.8 Å². The van der Waals surface area contributed by atoms with Gasteiger partial charge in [0, 0.05) is 24.2 Å². The van der Waals surface area contributed by atoms with Crippen LogP contribution in [0.3, 0.4) is 0 Å². The third-order valence-corrected chi connectivity index (χ3v) is 6.20. The first-order chi connectivity index (χ1) is 13.0. The summed E-state index contributed by atoms with van der Waals surface area (Å²) in [5.74, 6) is -3.57. The minimum Gasteiger partial charge on any atom is -0.508 e. The summed E-state index contributed by atoms with van der Waals surface area (Å²) < 4.78 is 23.6. The van der Waals surface area contributed by atoms with Gasteiger partial charge in [-0.3, -0.25) is 19.8 Å². The molecule has 154 valence electrons. The maximum absolute atomic E-state index is 11.8. The van der Waals surface area contributed by atoms with E-state index >= 15 is 0 Å². The Kier molecular flexibility index (Phi) is 7.39. The van der Waals surface area contributed by atoms with Crippen LogP contribution in [0.4, 0.5) is 0 Å². The molecule has 2 aromatic carbocycles. The van der Waals surface area contributed by atoms with Gasteiger partial charge in [0.1, 0.15) is 23.1 Å². The summed E-state index contributed by atoms with van der Waals surface area (Å²) in [6.45, 7) is -0.178. The van der Waals surface area contributed by atoms with E-state index in [4.69, 9.17) is 0 Å². The fourth-order valence-corrected chi connectivity index (χ4v) is 4.57. The highest BCUT2D eigenvalue weighted by molar-refractivity contribution is 7.52. The molecule has 8 N–H and O–H groups in total. The van der Waals surface area contributed by atoms with Gasteiger partial charge in [-0.2, -0.15) is 0 Å². The van der Waals surface area contributed by atoms with Gasteiger partial charge < -0.3 is 29.8 Å². The van der Waals surface area contributed by atoms with Crippen molar-refractivity contribution in [3.05, 3.63) is 59.7 Å². The molecule has 0 radical (unpaired) electrons. The Bertz CT molecular complexity index is 824. The molecule has 12 heteroatoms. The molecule has 0 aromatic heterocycles. The molecule has 2 aromatic rings. The quantitative estimate of drug-likeness (QED) is 0.213. The van der Waals surface area contributed by atoms with Crippen LogP contribution >= 0.6 is 15.2 Å². The highest BCUT2D eigenvalue weighted by Crippen LogP contribution is 2.52. The van der Waals surface area contributed by atoms with Gasteiger partial charge in [0.15, 0.2) is 0 Å². The van der Waals surface area contributed by atoms with Gasteiger partial charge in [-0.15, -0.1) is 0 Å². The van der Waals surface area contributed by atoms with Gasteiger partial charge in [0.2, 0.25) is 0 Å². The standard InChI is InChI=1S/C16H22N2O8P2/c19-13-7-3-1-5-11(13)15(27(21,22)23)17-9-10-18-16(28(24,25)26)12-6-2-4-8-14(12)20/h1-8,15-20H,9-10H2,(H2,21,22,23)(H2,24,25,26). The zero-order valence-corrected chi connectivity index (χ0v) is 16.4. The van der Waals surface area contributed by atoms with Crippen LogP contribution in [0.2, 0.25) is 0 Å². The van der Waals surface area contributed by atoms with Crippen LogP contribution in [0.5, 0.6) is 11.5 Å². The Balaban J connectivity index is 2.09. The summed E-state index contributed by atoms with van der Waals surface area (Å²) in [5, 5.41) is 24.9. The number of phenols is 2. The third kappa shape index (κ3) is 5.88. The lowest BCUT2D eigenvalue weighted by Crippen LogP contribution is -2.32. The molecule has 0 aliphatic heterocycles. The molecular weight excluding hydrogens is 410 g/mol. The SMILES string of the molecule is O=P(O)(O)C(NCCNC(c1ccccc1O)P(=O)(O)O)c1ccccc1O. The minimum absolute atomic E-state index is 0.00285. The molecule has 0 saturated carbocycles. The number of hydrogen-bond donors (Lipinski definition) is 8. The van der Waals surface area contributed by atoms with Gasteiger partial charge in [0.05, 0.1) is 0 Å². The molecule has 2 unspecified atom stereocenters. The molecule has 10 nitrogen and oxygen atoms in total. The summed E-state index contributed by atoms with van der Waals surface area (Å²) in [4.78, 5) is 38.3. The van der Waals surface area contributed by atoms with Gasteiger partial charge in [-0.05, 0) is 12.1 Å². The van der Waals surface area contributed by atoms with Crippen molar-refractivity contribution >= 4 is 15.2 Å². The molecule has 0 bridgehead atoms. The number of phenolic OH excluding ortho intramolecular Hbond substituents is 2. The van der Waals surface area contributed by atoms with Crippen LogP contribution in [0, 0.1) is 0 Å². The molecule has 2 atom stereocenters. The topological polar surface area (TPSA) is 180 Å². The number of hydrogen-bond acceptors (Lipinski definition) is 6. The second kappa shape index (κ2) is 9.17. The first-order valence-corrected chi connectivity index (χ1v) is 11.5. The lowest BCUT2D eigenvalue weighted by Gasteiger charge is -2.24. The number of nitrogens with one attached hydrogen (secondary N) is 2. The molecule has 0 aliphatic rings. The average Bonchev–Trinajstić information content (AvgIpc) is 2.58. The van der Waals surface area contributed by atoms with Crippen molar-refractivity contribution in [1.29, 1.82) is 0 Å². The molecule has 0 heterocycles. The van der Waals surface area contributed by atoms with Crippen molar-refractivity contribution in [2.45, 2.75) is 11.6 Å². The van der Waals surface area contributed by atoms with E-state index in [2.05, 4.69) is 10.6 Å². The Hall–Kier alpha value is -1.74. The highest BCUT2D eigenvalue weighted by atomic mass is 31.2. The zero-order valence-electron chi connectivity index (χ0n) is 14.6. The predicted molar refractivity (Wildman–Crippen MR) is 102 cm³/mol. The molecule has 0 fully saturated rings. The number of rotatable bonds is 9. The maximum Gasteiger partial charge on any atom is 0.346 e. The molecule has 28 heavy (non-hydrogen) atoms. The lowest BCUT2D eigenvalue weighted by molar-refractivity contribution is 0.336. The highest BCUT2D eigenvalue weighted by Gasteiger charge is 2.33. The smallest absolute Gasteiger partial charge is 0.346 e. The predicted octanol–water partition coefficient (Wildman–Crippen LogP) is 1.33. The first-order valence-electron chi connectivity index (χ1n) is 8.15. The first kappa shape index (κ1) is 22.5. The second-order valence-corrected chi connectivity index (χ2v) is 9.40. The monoisotopic (exact) mass is 432 g/mol. The number of benzene rings is 2. The number of para-hydroxylation sites is 2. The maximum atomic E-state index is 11.8. The molecule has 0 amide bonds. The van der Waals surface area contributed by atoms with Crippen LogP contribution in [-0.2, 0) is 9.13 Å². The van der Waals surface area contributed by atoms with Crippen LogP contribution in [0.25, 0.3) is 0 Å². The summed E-state index contributed by atoms with van der Waals surface area (Å²) in [6, 6.07) is 11.3. The zero-order chi connectivity index (χ0) is 20.9. The number of aromatic hydroxyl groups is 2. The van der Waals surface area contributed by atoms with Crippen LogP contribution < -0.4 is 10.6 Å². The van der Waals surface area contributed by atoms with Crippen LogP contribution in [-0.4, -0.2) is 42.9 Å². The van der Waals surface area contributed by atoms with Crippen molar-refractivity contribution in [3.63, 3.8) is 0 Å². The fraction of sp³-hybridized carbons (Fsp3) is 0.250. The average molecular weight is 432 g/mol. The summed E-state index contributed by atoms with van der Waals surface area (Å²) in [5.41, 5.74) is 0.00569. The Morgan fingerprint density at radius 3 is 1.29 bits per heavy atom. The van der Waals surface area contributed by atoms with Crippen LogP contribution in [0.15, 0.2) is 48.5 Å². The van der Waals surface area contributed by atoms with Crippen molar-refractivity contribution < 1.29 is 38.9 Å². The molecule has 2 rings (SSSR count). The summed E-state index contributed by atoms with van der Waals surface area (Å²) in [6.07, 6.45) is 0.